The van der Waals surface area contributed by atoms with E-state index < -0.39 is 12.8 Å². The predicted octanol–water partition coefficient (Wildman–Crippen LogP) is 1.33. The van der Waals surface area contributed by atoms with Gasteiger partial charge in [0.25, 0.3) is 0 Å². The summed E-state index contributed by atoms with van der Waals surface area (Å²) < 4.78 is 45.8. The number of hydrogen-bond donors (Lipinski definition) is 2. The van der Waals surface area contributed by atoms with Crippen molar-refractivity contribution in [3.8, 4) is 5.88 Å². The largest absolute Gasteiger partial charge is 0.468 e. The van der Waals surface area contributed by atoms with Gasteiger partial charge >= 0.3 is 6.18 Å². The Bertz CT molecular complexity index is 481. The first-order valence-corrected chi connectivity index (χ1v) is 6.52. The number of nitrogens with zero attached hydrogens (tertiary/aromatic N) is 2. The normalized spacial score (nSPS) is 12.1. The molecule has 0 amide bonds. The van der Waals surface area contributed by atoms with Crippen LogP contribution in [0, 0.1) is 0 Å². The number of guanidine groups is 1. The third-order valence-corrected chi connectivity index (χ3v) is 2.47. The molecular weight excluding hydrogens is 301 g/mol. The number of ether oxygens (including phenoxy) is 2. The first-order chi connectivity index (χ1) is 10.4. The zero-order valence-corrected chi connectivity index (χ0v) is 12.4. The van der Waals surface area contributed by atoms with Gasteiger partial charge in [0.1, 0.15) is 0 Å². The van der Waals surface area contributed by atoms with Gasteiger partial charge in [0.15, 0.2) is 12.6 Å². The number of hydrogen-bond acceptors (Lipinski definition) is 4. The van der Waals surface area contributed by atoms with Gasteiger partial charge in [-0.25, -0.2) is 4.98 Å². The van der Waals surface area contributed by atoms with E-state index in [9.17, 15) is 13.2 Å². The molecule has 0 aliphatic carbocycles. The second-order valence-electron chi connectivity index (χ2n) is 4.25. The van der Waals surface area contributed by atoms with Crippen molar-refractivity contribution < 1.29 is 22.6 Å². The van der Waals surface area contributed by atoms with Crippen molar-refractivity contribution in [3.05, 3.63) is 23.9 Å². The molecule has 1 aromatic heterocycles. The van der Waals surface area contributed by atoms with Crippen LogP contribution in [0.4, 0.5) is 13.2 Å². The topological polar surface area (TPSA) is 67.8 Å². The monoisotopic (exact) mass is 320 g/mol. The van der Waals surface area contributed by atoms with Crippen molar-refractivity contribution in [2.45, 2.75) is 12.7 Å². The van der Waals surface area contributed by atoms with Crippen LogP contribution in [0.15, 0.2) is 23.3 Å². The molecule has 1 aromatic rings. The summed E-state index contributed by atoms with van der Waals surface area (Å²) in [6.45, 7) is 0.131. The molecule has 0 saturated carbocycles. The van der Waals surface area contributed by atoms with Crippen molar-refractivity contribution in [1.29, 1.82) is 0 Å². The molecule has 9 heteroatoms. The molecule has 1 heterocycles. The molecule has 2 N–H and O–H groups in total. The van der Waals surface area contributed by atoms with Gasteiger partial charge in [-0.3, -0.25) is 4.99 Å². The van der Waals surface area contributed by atoms with E-state index in [-0.39, 0.29) is 5.88 Å². The van der Waals surface area contributed by atoms with Crippen molar-refractivity contribution >= 4 is 5.96 Å². The van der Waals surface area contributed by atoms with E-state index in [4.69, 9.17) is 4.74 Å². The fourth-order valence-corrected chi connectivity index (χ4v) is 1.47. The Hall–Kier alpha value is -2.03. The summed E-state index contributed by atoms with van der Waals surface area (Å²) in [5.74, 6) is 0.491. The van der Waals surface area contributed by atoms with Gasteiger partial charge in [-0.2, -0.15) is 13.2 Å². The van der Waals surface area contributed by atoms with Crippen LogP contribution < -0.4 is 15.4 Å². The number of alkyl halides is 3. The highest BCUT2D eigenvalue weighted by Crippen LogP contribution is 2.17. The number of pyridine rings is 1. The SMILES string of the molecule is CN=C(NCCOC)NCc1ccnc(OCC(F)(F)F)c1. The minimum Gasteiger partial charge on any atom is -0.468 e. The lowest BCUT2D eigenvalue weighted by Gasteiger charge is -2.12. The number of nitrogens with one attached hydrogen (secondary N) is 2. The minimum absolute atomic E-state index is 0.0704. The first-order valence-electron chi connectivity index (χ1n) is 6.52. The summed E-state index contributed by atoms with van der Waals surface area (Å²) in [5.41, 5.74) is 0.724. The van der Waals surface area contributed by atoms with Crippen molar-refractivity contribution in [2.24, 2.45) is 4.99 Å². The number of rotatable bonds is 7. The first kappa shape index (κ1) is 18.0. The van der Waals surface area contributed by atoms with Crippen LogP contribution >= 0.6 is 0 Å². The van der Waals surface area contributed by atoms with Crippen molar-refractivity contribution in [1.82, 2.24) is 15.6 Å². The average Bonchev–Trinajstić information content (AvgIpc) is 2.48. The molecule has 0 aliphatic rings. The van der Waals surface area contributed by atoms with Crippen LogP contribution in [-0.4, -0.2) is 51.0 Å². The van der Waals surface area contributed by atoms with E-state index in [1.165, 1.54) is 12.3 Å². The van der Waals surface area contributed by atoms with E-state index in [1.807, 2.05) is 0 Å². The summed E-state index contributed by atoms with van der Waals surface area (Å²) in [7, 11) is 3.21. The van der Waals surface area contributed by atoms with Gasteiger partial charge in [0.05, 0.1) is 6.61 Å². The minimum atomic E-state index is -4.39. The Morgan fingerprint density at radius 3 is 2.77 bits per heavy atom. The highest BCUT2D eigenvalue weighted by atomic mass is 19.4. The summed E-state index contributed by atoms with van der Waals surface area (Å²) in [4.78, 5) is 7.75. The Morgan fingerprint density at radius 1 is 1.36 bits per heavy atom. The quantitative estimate of drug-likeness (QED) is 0.451. The third kappa shape index (κ3) is 7.67. The van der Waals surface area contributed by atoms with Crippen LogP contribution in [0.2, 0.25) is 0 Å². The number of aliphatic imine (C=N–C) groups is 1. The van der Waals surface area contributed by atoms with Crippen LogP contribution in [0.25, 0.3) is 0 Å². The number of halogens is 3. The fraction of sp³-hybridized carbons (Fsp3) is 0.538. The number of methoxy groups -OCH3 is 1. The third-order valence-electron chi connectivity index (χ3n) is 2.47. The lowest BCUT2D eigenvalue weighted by Crippen LogP contribution is -2.38. The van der Waals surface area contributed by atoms with Gasteiger partial charge < -0.3 is 20.1 Å². The second kappa shape index (κ2) is 9.08. The Balaban J connectivity index is 2.48. The molecule has 0 radical (unpaired) electrons. The smallest absolute Gasteiger partial charge is 0.422 e. The molecule has 0 unspecified atom stereocenters. The molecule has 0 saturated heterocycles. The zero-order chi connectivity index (χ0) is 16.4. The van der Waals surface area contributed by atoms with E-state index in [0.29, 0.717) is 25.7 Å². The molecule has 0 spiro atoms. The molecule has 0 bridgehead atoms. The molecule has 0 atom stereocenters. The molecule has 22 heavy (non-hydrogen) atoms. The fourth-order valence-electron chi connectivity index (χ4n) is 1.47. The molecular formula is C13H19F3N4O2. The van der Waals surface area contributed by atoms with E-state index in [0.717, 1.165) is 5.56 Å². The van der Waals surface area contributed by atoms with Crippen molar-refractivity contribution in [2.75, 3.05) is 33.9 Å². The van der Waals surface area contributed by atoms with Crippen LogP contribution in [0.1, 0.15) is 5.56 Å². The molecule has 6 nitrogen and oxygen atoms in total. The second-order valence-corrected chi connectivity index (χ2v) is 4.25. The van der Waals surface area contributed by atoms with E-state index >= 15 is 0 Å². The highest BCUT2D eigenvalue weighted by molar-refractivity contribution is 5.79. The highest BCUT2D eigenvalue weighted by Gasteiger charge is 2.28. The van der Waals surface area contributed by atoms with Gasteiger partial charge in [0, 0.05) is 39.5 Å². The summed E-state index contributed by atoms with van der Waals surface area (Å²) in [6, 6.07) is 3.12. The van der Waals surface area contributed by atoms with Crippen LogP contribution in [-0.2, 0) is 11.3 Å². The summed E-state index contributed by atoms with van der Waals surface area (Å²) in [5, 5.41) is 6.04. The molecule has 0 fully saturated rings. The van der Waals surface area contributed by atoms with Crippen LogP contribution in [0.3, 0.4) is 0 Å². The molecule has 1 rings (SSSR count). The molecule has 0 aromatic carbocycles. The van der Waals surface area contributed by atoms with Gasteiger partial charge in [-0.05, 0) is 11.6 Å². The van der Waals surface area contributed by atoms with E-state index in [2.05, 4.69) is 25.3 Å². The lowest BCUT2D eigenvalue weighted by molar-refractivity contribution is -0.154. The number of aromatic nitrogens is 1. The maximum atomic E-state index is 12.1. The molecule has 124 valence electrons. The predicted molar refractivity (Wildman–Crippen MR) is 75.9 cm³/mol. The zero-order valence-electron chi connectivity index (χ0n) is 12.4. The Morgan fingerprint density at radius 2 is 2.14 bits per heavy atom. The van der Waals surface area contributed by atoms with Crippen molar-refractivity contribution in [3.63, 3.8) is 0 Å². The maximum absolute atomic E-state index is 12.1. The van der Waals surface area contributed by atoms with E-state index in [1.54, 1.807) is 20.2 Å². The summed E-state index contributed by atoms with van der Waals surface area (Å²) >= 11 is 0. The maximum Gasteiger partial charge on any atom is 0.422 e. The van der Waals surface area contributed by atoms with Gasteiger partial charge in [0.2, 0.25) is 5.88 Å². The van der Waals surface area contributed by atoms with Gasteiger partial charge in [-0.1, -0.05) is 0 Å². The molecule has 0 aliphatic heterocycles. The van der Waals surface area contributed by atoms with Crippen LogP contribution in [0.5, 0.6) is 5.88 Å². The summed E-state index contributed by atoms with van der Waals surface area (Å²) in [6.07, 6.45) is -2.99. The van der Waals surface area contributed by atoms with Gasteiger partial charge in [-0.15, -0.1) is 0 Å². The Kier molecular flexibility index (Phi) is 7.44. The standard InChI is InChI=1S/C13H19F3N4O2/c1-17-12(19-5-6-21-2)20-8-10-3-4-18-11(7-10)22-9-13(14,15)16/h3-4,7H,5-6,8-9H2,1-2H3,(H2,17,19,20). The average molecular weight is 320 g/mol. The Labute approximate surface area is 126 Å². The lowest BCUT2D eigenvalue weighted by atomic mass is 10.2.